The van der Waals surface area contributed by atoms with Gasteiger partial charge in [0.2, 0.25) is 0 Å². The average molecular weight is 597 g/mol. The lowest BCUT2D eigenvalue weighted by atomic mass is 9.72. The minimum atomic E-state index is -0.0283. The van der Waals surface area contributed by atoms with E-state index in [9.17, 15) is 4.79 Å². The van der Waals surface area contributed by atoms with Crippen LogP contribution in [0.4, 0.5) is 0 Å². The van der Waals surface area contributed by atoms with E-state index in [2.05, 4.69) is 68.8 Å². The largest absolute Gasteiger partial charge is 0.355 e. The number of aryl methyl sites for hydroxylation is 1. The highest BCUT2D eigenvalue weighted by Gasteiger charge is 2.29. The quantitative estimate of drug-likeness (QED) is 0.185. The van der Waals surface area contributed by atoms with Gasteiger partial charge in [0.15, 0.2) is 0 Å². The number of rotatable bonds is 10. The van der Waals surface area contributed by atoms with Gasteiger partial charge in [0.25, 0.3) is 0 Å². The maximum Gasteiger partial charge on any atom is 0.125 e. The average Bonchev–Trinajstić information content (AvgIpc) is 3.34. The smallest absolute Gasteiger partial charge is 0.125 e. The number of carbonyl (C=O) groups is 1. The zero-order chi connectivity index (χ0) is 32.1. The van der Waals surface area contributed by atoms with Crippen LogP contribution >= 0.6 is 0 Å². The molecule has 1 aromatic rings. The highest BCUT2D eigenvalue weighted by Crippen LogP contribution is 2.38. The fourth-order valence-electron chi connectivity index (χ4n) is 6.23. The van der Waals surface area contributed by atoms with Gasteiger partial charge in [-0.05, 0) is 62.0 Å². The van der Waals surface area contributed by atoms with Crippen molar-refractivity contribution < 1.29 is 4.79 Å². The normalized spacial score (nSPS) is 20.2. The zero-order valence-electron chi connectivity index (χ0n) is 29.0. The first-order valence-electron chi connectivity index (χ1n) is 17.6. The van der Waals surface area contributed by atoms with Gasteiger partial charge in [-0.1, -0.05) is 136 Å². The van der Waals surface area contributed by atoms with Gasteiger partial charge >= 0.3 is 0 Å². The van der Waals surface area contributed by atoms with Crippen LogP contribution in [0, 0.1) is 22.7 Å². The number of hydrogen-bond acceptors (Lipinski definition) is 5. The number of nitrogens with two attached hydrogens (primary N) is 1. The summed E-state index contributed by atoms with van der Waals surface area (Å²) in [4.78, 5) is 13.7. The summed E-state index contributed by atoms with van der Waals surface area (Å²) in [6, 6.07) is 8.72. The Morgan fingerprint density at radius 1 is 0.977 bits per heavy atom. The third-order valence-corrected chi connectivity index (χ3v) is 9.10. The molecule has 0 spiro atoms. The van der Waals surface area contributed by atoms with Gasteiger partial charge in [0, 0.05) is 17.7 Å². The number of carbonyl (C=O) groups excluding carboxylic acids is 1. The molecule has 4 N–H and O–H groups in total. The van der Waals surface area contributed by atoms with Crippen LogP contribution in [-0.2, 0) is 17.8 Å². The lowest BCUT2D eigenvalue weighted by Crippen LogP contribution is -2.32. The second-order valence-corrected chi connectivity index (χ2v) is 13.6. The second-order valence-electron chi connectivity index (χ2n) is 13.6. The van der Waals surface area contributed by atoms with Crippen molar-refractivity contribution in [3.8, 4) is 0 Å². The molecular weight excluding hydrogens is 528 g/mol. The van der Waals surface area contributed by atoms with Crippen LogP contribution in [0.2, 0.25) is 0 Å². The molecule has 5 heteroatoms. The van der Waals surface area contributed by atoms with Gasteiger partial charge < -0.3 is 26.2 Å². The van der Waals surface area contributed by atoms with Crippen molar-refractivity contribution in [2.45, 2.75) is 157 Å². The summed E-state index contributed by atoms with van der Waals surface area (Å²) in [6.07, 6.45) is 22.1. The van der Waals surface area contributed by atoms with Gasteiger partial charge in [0.1, 0.15) is 6.29 Å². The van der Waals surface area contributed by atoms with E-state index in [1.54, 1.807) is 6.92 Å². The van der Waals surface area contributed by atoms with Crippen molar-refractivity contribution >= 4 is 12.0 Å². The molecule has 2 aliphatic carbocycles. The molecule has 1 aliphatic heterocycles. The molecule has 3 fully saturated rings. The number of aldehydes is 1. The Kier molecular flexibility index (Phi) is 20.2. The SMILES string of the molecule is C=C1NC(N)CN1Cc1ccc(CC)cc1.CC(C=O)(CCC1CCCCC1)CC1CCCCC1.CCC.CCC(C)=N. The highest BCUT2D eigenvalue weighted by molar-refractivity contribution is 5.78. The van der Waals surface area contributed by atoms with Gasteiger partial charge in [-0.2, -0.15) is 0 Å². The van der Waals surface area contributed by atoms with Gasteiger partial charge in [-0.15, -0.1) is 0 Å². The summed E-state index contributed by atoms with van der Waals surface area (Å²) in [5.41, 5.74) is 9.20. The maximum atomic E-state index is 11.6. The van der Waals surface area contributed by atoms with Crippen LogP contribution in [-0.4, -0.2) is 29.6 Å². The molecule has 1 heterocycles. The number of hydrogen-bond donors (Lipinski definition) is 3. The fourth-order valence-corrected chi connectivity index (χ4v) is 6.23. The topological polar surface area (TPSA) is 82.2 Å². The van der Waals surface area contributed by atoms with Crippen molar-refractivity contribution in [1.29, 1.82) is 5.41 Å². The first-order chi connectivity index (χ1) is 20.6. The van der Waals surface area contributed by atoms with Gasteiger partial charge in [-0.25, -0.2) is 0 Å². The minimum absolute atomic E-state index is 0.0161. The van der Waals surface area contributed by atoms with Crippen molar-refractivity contribution in [2.75, 3.05) is 6.54 Å². The van der Waals surface area contributed by atoms with E-state index in [0.29, 0.717) is 0 Å². The molecular formula is C38H68N4O. The standard InChI is InChI=1S/C18H32O.C13H19N3.C4H9N.C3H8/c1-18(15-19,14-17-10-6-3-7-11-17)13-12-16-8-4-2-5-9-16;1-3-11-4-6-12(7-5-11)8-16-9-13(14)15-10(16)2;1-3-4(2)5;1-3-2/h15-17H,2-14H2,1H3;4-7,13,15H,2-3,8-9,14H2,1H3;5H,3H2,1-2H3;3H2,1-2H3. The summed E-state index contributed by atoms with van der Waals surface area (Å²) in [5, 5.41) is 9.86. The van der Waals surface area contributed by atoms with E-state index < -0.39 is 0 Å². The number of benzene rings is 1. The zero-order valence-corrected chi connectivity index (χ0v) is 29.0. The molecule has 0 radical (unpaired) electrons. The van der Waals surface area contributed by atoms with Crippen LogP contribution in [0.5, 0.6) is 0 Å². The Bertz CT molecular complexity index is 886. The van der Waals surface area contributed by atoms with Crippen molar-refractivity contribution in [2.24, 2.45) is 23.0 Å². The summed E-state index contributed by atoms with van der Waals surface area (Å²) in [7, 11) is 0. The van der Waals surface area contributed by atoms with Crippen molar-refractivity contribution in [1.82, 2.24) is 10.2 Å². The molecule has 0 bridgehead atoms. The van der Waals surface area contributed by atoms with E-state index in [4.69, 9.17) is 11.1 Å². The van der Waals surface area contributed by atoms with E-state index in [1.807, 2.05) is 6.92 Å². The molecule has 2 saturated carbocycles. The van der Waals surface area contributed by atoms with Crippen LogP contribution < -0.4 is 11.1 Å². The van der Waals surface area contributed by atoms with E-state index >= 15 is 0 Å². The molecule has 2 unspecified atom stereocenters. The van der Waals surface area contributed by atoms with E-state index in [1.165, 1.54) is 94.5 Å². The predicted molar refractivity (Wildman–Crippen MR) is 187 cm³/mol. The lowest BCUT2D eigenvalue weighted by Gasteiger charge is -2.32. The summed E-state index contributed by atoms with van der Waals surface area (Å²) >= 11 is 0. The Hall–Kier alpha value is -2.14. The van der Waals surface area contributed by atoms with E-state index in [-0.39, 0.29) is 11.6 Å². The molecule has 2 atom stereocenters. The molecule has 0 aromatic heterocycles. The summed E-state index contributed by atoms with van der Waals surface area (Å²) in [5.74, 6) is 2.67. The van der Waals surface area contributed by atoms with Crippen molar-refractivity contribution in [3.63, 3.8) is 0 Å². The Balaban J connectivity index is 0.000000348. The third-order valence-electron chi connectivity index (χ3n) is 9.10. The number of nitrogens with one attached hydrogen (secondary N) is 2. The molecule has 5 nitrogen and oxygen atoms in total. The Labute approximate surface area is 266 Å². The molecule has 3 aliphatic rings. The second kappa shape index (κ2) is 22.4. The number of nitrogens with zero attached hydrogens (tertiary/aromatic N) is 1. The molecule has 43 heavy (non-hydrogen) atoms. The Morgan fingerprint density at radius 2 is 1.47 bits per heavy atom. The van der Waals surface area contributed by atoms with Crippen LogP contribution in [0.3, 0.4) is 0 Å². The molecule has 4 rings (SSSR count). The minimum Gasteiger partial charge on any atom is -0.355 e. The highest BCUT2D eigenvalue weighted by atomic mass is 16.1. The van der Waals surface area contributed by atoms with Crippen LogP contribution in [0.15, 0.2) is 36.7 Å². The molecule has 0 amide bonds. The summed E-state index contributed by atoms with van der Waals surface area (Å²) in [6.45, 7) is 18.1. The van der Waals surface area contributed by atoms with Crippen LogP contribution in [0.25, 0.3) is 0 Å². The van der Waals surface area contributed by atoms with Crippen molar-refractivity contribution in [3.05, 3.63) is 47.8 Å². The predicted octanol–water partition coefficient (Wildman–Crippen LogP) is 9.79. The fraction of sp³-hybridized carbons (Fsp3) is 0.737. The first-order valence-corrected chi connectivity index (χ1v) is 17.6. The maximum absolute atomic E-state index is 11.6. The van der Waals surface area contributed by atoms with Gasteiger partial charge in [0.05, 0.1) is 18.5 Å². The summed E-state index contributed by atoms with van der Waals surface area (Å²) < 4.78 is 0. The molecule has 1 aromatic carbocycles. The third kappa shape index (κ3) is 17.1. The first kappa shape index (κ1) is 38.9. The van der Waals surface area contributed by atoms with Gasteiger partial charge in [-0.3, -0.25) is 0 Å². The van der Waals surface area contributed by atoms with Crippen LogP contribution in [0.1, 0.15) is 149 Å². The molecule has 246 valence electrons. The molecule has 1 saturated heterocycles. The van der Waals surface area contributed by atoms with E-state index in [0.717, 1.165) is 62.1 Å². The lowest BCUT2D eigenvalue weighted by molar-refractivity contribution is -0.117. The monoisotopic (exact) mass is 597 g/mol. The Morgan fingerprint density at radius 3 is 1.88 bits per heavy atom.